The van der Waals surface area contributed by atoms with Gasteiger partial charge < -0.3 is 14.6 Å². The van der Waals surface area contributed by atoms with E-state index in [0.717, 1.165) is 0 Å². The molecule has 5 rings (SSSR count). The van der Waals surface area contributed by atoms with Crippen LogP contribution in [0.15, 0.2) is 99.2 Å². The number of fused-ring (bicyclic) bond motifs is 2. The molecule has 0 fully saturated rings. The monoisotopic (exact) mass is 478 g/mol. The average Bonchev–Trinajstić information content (AvgIpc) is 2.89. The van der Waals surface area contributed by atoms with Gasteiger partial charge in [0.2, 0.25) is 0 Å². The van der Waals surface area contributed by atoms with E-state index in [2.05, 4.69) is 10.5 Å². The highest BCUT2D eigenvalue weighted by Crippen LogP contribution is 2.43. The normalized spacial score (nSPS) is 11.2. The molecule has 0 spiro atoms. The van der Waals surface area contributed by atoms with Crippen molar-refractivity contribution in [2.45, 2.75) is 0 Å². The molecule has 0 unspecified atom stereocenters. The third-order valence-electron chi connectivity index (χ3n) is 5.70. The summed E-state index contributed by atoms with van der Waals surface area (Å²) in [6.07, 6.45) is 1.24. The van der Waals surface area contributed by atoms with E-state index in [-0.39, 0.29) is 33.6 Å². The molecule has 8 heteroatoms. The van der Waals surface area contributed by atoms with Crippen LogP contribution in [-0.4, -0.2) is 28.3 Å². The number of aromatic hydroxyl groups is 1. The Morgan fingerprint density at radius 2 is 1.64 bits per heavy atom. The Labute approximate surface area is 204 Å². The molecule has 36 heavy (non-hydrogen) atoms. The van der Waals surface area contributed by atoms with Crippen LogP contribution in [0.5, 0.6) is 5.75 Å². The van der Waals surface area contributed by atoms with E-state index in [0.29, 0.717) is 27.6 Å². The fraction of sp³-hybridized carbons (Fsp3) is 0. The molecule has 0 bridgehead atoms. The maximum atomic E-state index is 12.3. The lowest BCUT2D eigenvalue weighted by molar-refractivity contribution is 0.0697. The lowest BCUT2D eigenvalue weighted by Gasteiger charge is -2.17. The molecular formula is C28H18N2O6. The van der Waals surface area contributed by atoms with Crippen LogP contribution in [-0.2, 0) is 0 Å². The van der Waals surface area contributed by atoms with Gasteiger partial charge >= 0.3 is 5.97 Å². The zero-order valence-electron chi connectivity index (χ0n) is 18.6. The third kappa shape index (κ3) is 4.07. The van der Waals surface area contributed by atoms with Gasteiger partial charge in [0.1, 0.15) is 17.1 Å². The van der Waals surface area contributed by atoms with E-state index >= 15 is 0 Å². The maximum Gasteiger partial charge on any atom is 0.336 e. The van der Waals surface area contributed by atoms with Gasteiger partial charge in [-0.25, -0.2) is 10.2 Å². The van der Waals surface area contributed by atoms with Crippen molar-refractivity contribution in [3.63, 3.8) is 0 Å². The van der Waals surface area contributed by atoms with Crippen LogP contribution < -0.4 is 10.9 Å². The summed E-state index contributed by atoms with van der Waals surface area (Å²) in [5.74, 6) is -1.53. The molecule has 8 nitrogen and oxygen atoms in total. The van der Waals surface area contributed by atoms with Gasteiger partial charge in [-0.2, -0.15) is 5.10 Å². The minimum Gasteiger partial charge on any atom is -0.507 e. The van der Waals surface area contributed by atoms with Gasteiger partial charge in [-0.15, -0.1) is 0 Å². The molecule has 0 radical (unpaired) electrons. The first kappa shape index (κ1) is 22.5. The van der Waals surface area contributed by atoms with Gasteiger partial charge in [0, 0.05) is 28.1 Å². The number of carbonyl (C=O) groups excluding carboxylic acids is 1. The molecule has 176 valence electrons. The van der Waals surface area contributed by atoms with Crippen molar-refractivity contribution >= 4 is 29.1 Å². The fourth-order valence-electron chi connectivity index (χ4n) is 4.06. The van der Waals surface area contributed by atoms with Crippen LogP contribution in [0, 0.1) is 0 Å². The summed E-state index contributed by atoms with van der Waals surface area (Å²) in [5.41, 5.74) is 4.36. The molecule has 1 amide bonds. The van der Waals surface area contributed by atoms with Crippen molar-refractivity contribution in [1.29, 1.82) is 0 Å². The lowest BCUT2D eigenvalue weighted by Crippen LogP contribution is -2.17. The standard InChI is InChI=1S/C28H18N2O6/c31-17-10-11-20-24(14-17)36-26-21(25(20)18-8-4-5-9-19(18)28(34)35)12-13-23(32)22(26)15-29-30-27(33)16-6-2-1-3-7-16/h1-15,32H,(H,30,33)(H,34,35)/b29-15+. The van der Waals surface area contributed by atoms with Crippen LogP contribution in [0.4, 0.5) is 0 Å². The summed E-state index contributed by atoms with van der Waals surface area (Å²) in [6.45, 7) is 0. The number of carboxylic acid groups (broad SMARTS) is 1. The number of phenols is 1. The number of benzene rings is 4. The predicted octanol–water partition coefficient (Wildman–Crippen LogP) is 4.73. The predicted molar refractivity (Wildman–Crippen MR) is 135 cm³/mol. The Morgan fingerprint density at radius 1 is 0.889 bits per heavy atom. The van der Waals surface area contributed by atoms with Crippen LogP contribution in [0.1, 0.15) is 26.3 Å². The van der Waals surface area contributed by atoms with Crippen LogP contribution in [0.25, 0.3) is 33.4 Å². The maximum absolute atomic E-state index is 12.3. The van der Waals surface area contributed by atoms with Crippen molar-refractivity contribution < 1.29 is 24.2 Å². The van der Waals surface area contributed by atoms with E-state index in [9.17, 15) is 24.6 Å². The first-order chi connectivity index (χ1) is 17.4. The highest BCUT2D eigenvalue weighted by molar-refractivity contribution is 6.11. The molecule has 2 aliphatic rings. The average molecular weight is 478 g/mol. The van der Waals surface area contributed by atoms with Crippen molar-refractivity contribution in [3.05, 3.63) is 112 Å². The van der Waals surface area contributed by atoms with Gasteiger partial charge in [-0.05, 0) is 48.0 Å². The summed E-state index contributed by atoms with van der Waals surface area (Å²) in [6, 6.07) is 22.3. The fourth-order valence-corrected chi connectivity index (χ4v) is 4.06. The number of hydrazone groups is 1. The smallest absolute Gasteiger partial charge is 0.336 e. The number of nitrogens with zero attached hydrogens (tertiary/aromatic N) is 1. The zero-order valence-corrected chi connectivity index (χ0v) is 18.6. The van der Waals surface area contributed by atoms with E-state index < -0.39 is 11.9 Å². The number of hydrogen-bond donors (Lipinski definition) is 3. The van der Waals surface area contributed by atoms with Crippen molar-refractivity contribution in [3.8, 4) is 28.2 Å². The van der Waals surface area contributed by atoms with Crippen molar-refractivity contribution in [2.24, 2.45) is 5.10 Å². The number of rotatable bonds is 5. The van der Waals surface area contributed by atoms with E-state index in [1.54, 1.807) is 60.7 Å². The number of nitrogens with one attached hydrogen (secondary N) is 1. The molecule has 3 N–H and O–H groups in total. The van der Waals surface area contributed by atoms with E-state index in [1.807, 2.05) is 0 Å². The molecule has 3 aromatic carbocycles. The summed E-state index contributed by atoms with van der Waals surface area (Å²) in [5, 5.41) is 24.9. The van der Waals surface area contributed by atoms with E-state index in [1.165, 1.54) is 30.5 Å². The first-order valence-electron chi connectivity index (χ1n) is 10.9. The van der Waals surface area contributed by atoms with Crippen LogP contribution >= 0.6 is 0 Å². The van der Waals surface area contributed by atoms with Gasteiger partial charge in [-0.1, -0.05) is 36.4 Å². The summed E-state index contributed by atoms with van der Waals surface area (Å²) < 4.78 is 6.03. The number of hydrogen-bond acceptors (Lipinski definition) is 6. The SMILES string of the molecule is O=C(N/N=C/c1c(O)ccc2c(-c3ccccc3C(=O)O)c3ccc(=O)cc-3oc12)c1ccccc1. The Kier molecular flexibility index (Phi) is 5.75. The minimum absolute atomic E-state index is 0.0657. The Hall–Kier alpha value is -5.24. The second kappa shape index (κ2) is 9.19. The largest absolute Gasteiger partial charge is 0.507 e. The molecule has 1 heterocycles. The van der Waals surface area contributed by atoms with E-state index in [4.69, 9.17) is 4.42 Å². The summed E-state index contributed by atoms with van der Waals surface area (Å²) in [7, 11) is 0. The van der Waals surface area contributed by atoms with Gasteiger partial charge in [-0.3, -0.25) is 9.59 Å². The van der Waals surface area contributed by atoms with Crippen molar-refractivity contribution in [2.75, 3.05) is 0 Å². The molecule has 1 aliphatic heterocycles. The molecule has 1 aliphatic carbocycles. The van der Waals surface area contributed by atoms with Crippen LogP contribution in [0.2, 0.25) is 0 Å². The molecule has 0 saturated heterocycles. The second-order valence-electron chi connectivity index (χ2n) is 7.93. The third-order valence-corrected chi connectivity index (χ3v) is 5.70. The summed E-state index contributed by atoms with van der Waals surface area (Å²) >= 11 is 0. The molecular weight excluding hydrogens is 460 g/mol. The topological polar surface area (TPSA) is 129 Å². The number of aromatic carboxylic acids is 1. The highest BCUT2D eigenvalue weighted by Gasteiger charge is 2.23. The Balaban J connectivity index is 1.72. The lowest BCUT2D eigenvalue weighted by atomic mass is 9.90. The number of amides is 1. The molecule has 0 atom stereocenters. The number of carboxylic acids is 1. The Morgan fingerprint density at radius 3 is 2.42 bits per heavy atom. The molecule has 3 aromatic rings. The van der Waals surface area contributed by atoms with Crippen LogP contribution in [0.3, 0.4) is 0 Å². The zero-order chi connectivity index (χ0) is 25.2. The second-order valence-corrected chi connectivity index (χ2v) is 7.93. The molecule has 0 aromatic heterocycles. The quantitative estimate of drug-likeness (QED) is 0.190. The summed E-state index contributed by atoms with van der Waals surface area (Å²) in [4.78, 5) is 36.4. The number of carbonyl (C=O) groups is 2. The first-order valence-corrected chi connectivity index (χ1v) is 10.9. The van der Waals surface area contributed by atoms with Crippen molar-refractivity contribution in [1.82, 2.24) is 5.43 Å². The van der Waals surface area contributed by atoms with Gasteiger partial charge in [0.05, 0.1) is 17.3 Å². The minimum atomic E-state index is -1.11. The number of phenolic OH excluding ortho intramolecular Hbond substituents is 1. The highest BCUT2D eigenvalue weighted by atomic mass is 16.4. The molecule has 0 saturated carbocycles. The van der Waals surface area contributed by atoms with Gasteiger partial charge in [0.15, 0.2) is 5.43 Å². The Bertz CT molecular complexity index is 1690. The van der Waals surface area contributed by atoms with Gasteiger partial charge in [0.25, 0.3) is 5.91 Å².